The standard InChI is InChI=1S/C12H10N4O3/c17-11-9-3-1-2-4-10(9)12(18)16(11)19-8-7-15-6-5-13-14-15/h1-6H,7-8H2. The van der Waals surface area contributed by atoms with Crippen molar-refractivity contribution in [2.45, 2.75) is 6.54 Å². The van der Waals surface area contributed by atoms with Gasteiger partial charge < -0.3 is 0 Å². The minimum atomic E-state index is -0.431. The largest absolute Gasteiger partial charge is 0.285 e. The van der Waals surface area contributed by atoms with Crippen LogP contribution in [0.3, 0.4) is 0 Å². The van der Waals surface area contributed by atoms with E-state index in [1.807, 2.05) is 0 Å². The van der Waals surface area contributed by atoms with E-state index in [0.717, 1.165) is 5.06 Å². The average molecular weight is 258 g/mol. The normalized spacial score (nSPS) is 14.0. The van der Waals surface area contributed by atoms with Gasteiger partial charge in [0.05, 0.1) is 30.5 Å². The summed E-state index contributed by atoms with van der Waals surface area (Å²) in [4.78, 5) is 29.1. The zero-order valence-electron chi connectivity index (χ0n) is 9.89. The molecule has 7 heteroatoms. The first-order valence-corrected chi connectivity index (χ1v) is 5.72. The van der Waals surface area contributed by atoms with Crippen molar-refractivity contribution in [3.63, 3.8) is 0 Å². The lowest BCUT2D eigenvalue weighted by Crippen LogP contribution is -2.31. The highest BCUT2D eigenvalue weighted by molar-refractivity contribution is 6.20. The first-order chi connectivity index (χ1) is 9.27. The molecular formula is C12H10N4O3. The highest BCUT2D eigenvalue weighted by Gasteiger charge is 2.36. The second-order valence-electron chi connectivity index (χ2n) is 3.95. The molecule has 7 nitrogen and oxygen atoms in total. The Balaban J connectivity index is 1.67. The van der Waals surface area contributed by atoms with Gasteiger partial charge in [0, 0.05) is 6.20 Å². The average Bonchev–Trinajstić information content (AvgIpc) is 3.02. The van der Waals surface area contributed by atoms with Gasteiger partial charge in [-0.1, -0.05) is 17.3 Å². The quantitative estimate of drug-likeness (QED) is 0.746. The summed E-state index contributed by atoms with van der Waals surface area (Å²) in [5, 5.41) is 8.19. The number of hydrogen-bond donors (Lipinski definition) is 0. The van der Waals surface area contributed by atoms with Crippen LogP contribution in [0.15, 0.2) is 36.7 Å². The van der Waals surface area contributed by atoms with Crippen molar-refractivity contribution in [1.82, 2.24) is 20.1 Å². The number of hydrogen-bond acceptors (Lipinski definition) is 5. The number of nitrogens with zero attached hydrogens (tertiary/aromatic N) is 4. The van der Waals surface area contributed by atoms with Crippen LogP contribution in [0, 0.1) is 0 Å². The zero-order valence-corrected chi connectivity index (χ0v) is 9.89. The molecule has 2 amide bonds. The summed E-state index contributed by atoms with van der Waals surface area (Å²) in [5.41, 5.74) is 0.738. The molecule has 1 aliphatic heterocycles. The molecule has 1 aromatic heterocycles. The lowest BCUT2D eigenvalue weighted by molar-refractivity contribution is -0.0941. The molecule has 1 aromatic carbocycles. The minimum Gasteiger partial charge on any atom is -0.266 e. The number of hydroxylamine groups is 2. The number of amides is 2. The molecule has 0 radical (unpaired) electrons. The van der Waals surface area contributed by atoms with Crippen LogP contribution < -0.4 is 0 Å². The molecule has 1 aliphatic rings. The predicted octanol–water partition coefficient (Wildman–Crippen LogP) is 0.506. The molecule has 0 fully saturated rings. The molecule has 0 aliphatic carbocycles. The number of carbonyl (C=O) groups excluding carboxylic acids is 2. The molecule has 0 unspecified atom stereocenters. The van der Waals surface area contributed by atoms with Crippen molar-refractivity contribution in [1.29, 1.82) is 0 Å². The van der Waals surface area contributed by atoms with Gasteiger partial charge in [-0.05, 0) is 12.1 Å². The Morgan fingerprint density at radius 3 is 2.37 bits per heavy atom. The third kappa shape index (κ3) is 2.00. The van der Waals surface area contributed by atoms with Crippen LogP contribution in [0.25, 0.3) is 0 Å². The fourth-order valence-corrected chi connectivity index (χ4v) is 1.86. The van der Waals surface area contributed by atoms with Gasteiger partial charge in [-0.25, -0.2) is 0 Å². The molecule has 0 atom stereocenters. The maximum atomic E-state index is 11.9. The van der Waals surface area contributed by atoms with Crippen molar-refractivity contribution >= 4 is 11.8 Å². The Bertz CT molecular complexity index is 589. The van der Waals surface area contributed by atoms with E-state index in [2.05, 4.69) is 10.3 Å². The molecule has 3 rings (SSSR count). The number of aromatic nitrogens is 3. The molecule has 96 valence electrons. The van der Waals surface area contributed by atoms with Gasteiger partial charge in [0.1, 0.15) is 0 Å². The van der Waals surface area contributed by atoms with Crippen molar-refractivity contribution in [3.8, 4) is 0 Å². The summed E-state index contributed by atoms with van der Waals surface area (Å²) >= 11 is 0. The Labute approximate surface area is 108 Å². The maximum absolute atomic E-state index is 11.9. The van der Waals surface area contributed by atoms with Gasteiger partial charge in [-0.15, -0.1) is 10.2 Å². The number of benzene rings is 1. The van der Waals surface area contributed by atoms with Crippen molar-refractivity contribution < 1.29 is 14.4 Å². The summed E-state index contributed by atoms with van der Waals surface area (Å²) in [6, 6.07) is 6.64. The summed E-state index contributed by atoms with van der Waals surface area (Å²) in [7, 11) is 0. The molecule has 0 spiro atoms. The summed E-state index contributed by atoms with van der Waals surface area (Å²) in [5.74, 6) is -0.863. The fraction of sp³-hybridized carbons (Fsp3) is 0.167. The van der Waals surface area contributed by atoms with E-state index in [9.17, 15) is 9.59 Å². The zero-order chi connectivity index (χ0) is 13.2. The first-order valence-electron chi connectivity index (χ1n) is 5.72. The summed E-state index contributed by atoms with van der Waals surface area (Å²) in [6.45, 7) is 0.572. The SMILES string of the molecule is O=C1c2ccccc2C(=O)N1OCCn1ccnn1. The topological polar surface area (TPSA) is 77.3 Å². The molecule has 2 heterocycles. The highest BCUT2D eigenvalue weighted by atomic mass is 16.7. The summed E-state index contributed by atoms with van der Waals surface area (Å²) in [6.07, 6.45) is 3.22. The second-order valence-corrected chi connectivity index (χ2v) is 3.95. The van der Waals surface area contributed by atoms with Gasteiger partial charge in [-0.2, -0.15) is 0 Å². The lowest BCUT2D eigenvalue weighted by Gasteiger charge is -2.12. The van der Waals surface area contributed by atoms with E-state index in [1.54, 1.807) is 41.3 Å². The monoisotopic (exact) mass is 258 g/mol. The van der Waals surface area contributed by atoms with E-state index < -0.39 is 11.8 Å². The van der Waals surface area contributed by atoms with Crippen LogP contribution >= 0.6 is 0 Å². The van der Waals surface area contributed by atoms with E-state index in [1.165, 1.54) is 0 Å². The molecule has 0 bridgehead atoms. The Kier molecular flexibility index (Phi) is 2.81. The number of carbonyl (C=O) groups is 2. The van der Waals surface area contributed by atoms with E-state index in [0.29, 0.717) is 17.7 Å². The number of rotatable bonds is 4. The Morgan fingerprint density at radius 1 is 1.11 bits per heavy atom. The summed E-state index contributed by atoms with van der Waals surface area (Å²) < 4.78 is 1.55. The van der Waals surface area contributed by atoms with Crippen LogP contribution in [-0.4, -0.2) is 38.5 Å². The van der Waals surface area contributed by atoms with E-state index >= 15 is 0 Å². The third-order valence-electron chi connectivity index (χ3n) is 2.77. The fourth-order valence-electron chi connectivity index (χ4n) is 1.86. The third-order valence-corrected chi connectivity index (χ3v) is 2.77. The van der Waals surface area contributed by atoms with Gasteiger partial charge in [0.15, 0.2) is 0 Å². The minimum absolute atomic E-state index is 0.162. The predicted molar refractivity (Wildman–Crippen MR) is 62.9 cm³/mol. The van der Waals surface area contributed by atoms with Crippen molar-refractivity contribution in [2.24, 2.45) is 0 Å². The van der Waals surface area contributed by atoms with Crippen molar-refractivity contribution in [3.05, 3.63) is 47.8 Å². The highest BCUT2D eigenvalue weighted by Crippen LogP contribution is 2.22. The van der Waals surface area contributed by atoms with Crippen LogP contribution in [0.4, 0.5) is 0 Å². The van der Waals surface area contributed by atoms with Gasteiger partial charge in [0.25, 0.3) is 11.8 Å². The molecule has 19 heavy (non-hydrogen) atoms. The molecule has 0 saturated heterocycles. The van der Waals surface area contributed by atoms with Crippen LogP contribution in [0.1, 0.15) is 20.7 Å². The van der Waals surface area contributed by atoms with E-state index in [4.69, 9.17) is 4.84 Å². The van der Waals surface area contributed by atoms with Gasteiger partial charge in [0.2, 0.25) is 0 Å². The molecule has 2 aromatic rings. The molecule has 0 saturated carbocycles. The number of fused-ring (bicyclic) bond motifs is 1. The van der Waals surface area contributed by atoms with Crippen molar-refractivity contribution in [2.75, 3.05) is 6.61 Å². The molecular weight excluding hydrogens is 248 g/mol. The van der Waals surface area contributed by atoms with Crippen LogP contribution in [0.2, 0.25) is 0 Å². The Morgan fingerprint density at radius 2 is 1.79 bits per heavy atom. The number of imide groups is 1. The van der Waals surface area contributed by atoms with Gasteiger partial charge in [-0.3, -0.25) is 19.1 Å². The van der Waals surface area contributed by atoms with Crippen LogP contribution in [0.5, 0.6) is 0 Å². The lowest BCUT2D eigenvalue weighted by atomic mass is 10.1. The molecule has 0 N–H and O–H groups in total. The first kappa shape index (κ1) is 11.5. The van der Waals surface area contributed by atoms with Gasteiger partial charge >= 0.3 is 0 Å². The van der Waals surface area contributed by atoms with E-state index in [-0.39, 0.29) is 6.61 Å². The smallest absolute Gasteiger partial charge is 0.266 e. The second kappa shape index (κ2) is 4.62. The Hall–Kier alpha value is -2.54. The maximum Gasteiger partial charge on any atom is 0.285 e. The van der Waals surface area contributed by atoms with Crippen LogP contribution in [-0.2, 0) is 11.4 Å².